The van der Waals surface area contributed by atoms with Gasteiger partial charge in [0.15, 0.2) is 0 Å². The molecule has 0 aliphatic carbocycles. The Morgan fingerprint density at radius 3 is 2.10 bits per heavy atom. The van der Waals surface area contributed by atoms with E-state index in [1.807, 2.05) is 47.6 Å². The average Bonchev–Trinajstić information content (AvgIpc) is 2.58. The molecule has 0 saturated heterocycles. The van der Waals surface area contributed by atoms with Gasteiger partial charge in [0.2, 0.25) is 0 Å². The predicted octanol–water partition coefficient (Wildman–Crippen LogP) is 6.72. The molecule has 1 amide bonds. The van der Waals surface area contributed by atoms with Crippen LogP contribution in [-0.2, 0) is 14.3 Å². The molecule has 0 rings (SSSR count). The standard InChI is InChI=1S/C25H45NO4/c1-8-21(18-16-20-26-23(28)30-25(5,6)7)17-14-12-10-9-11-13-15-19-22(27)29-24(2,3)4/h11,13,16,18,21H,8-10,12,14-15,17,19-20H2,1-7H3,(H,26,28)/b13-11+,18-16?. The molecule has 0 saturated carbocycles. The number of carbonyl (C=O) groups is 2. The van der Waals surface area contributed by atoms with Crippen LogP contribution in [0.2, 0.25) is 0 Å². The highest BCUT2D eigenvalue weighted by Gasteiger charge is 2.15. The van der Waals surface area contributed by atoms with Crippen LogP contribution >= 0.6 is 0 Å². The third-order valence-electron chi connectivity index (χ3n) is 4.24. The van der Waals surface area contributed by atoms with E-state index in [4.69, 9.17) is 9.47 Å². The Kier molecular flexibility index (Phi) is 14.2. The Labute approximate surface area is 184 Å². The highest BCUT2D eigenvalue weighted by molar-refractivity contribution is 5.70. The molecule has 1 atom stereocenters. The van der Waals surface area contributed by atoms with Gasteiger partial charge in [-0.15, -0.1) is 0 Å². The number of alkyl carbamates (subject to hydrolysis) is 1. The van der Waals surface area contributed by atoms with Gasteiger partial charge in [-0.3, -0.25) is 4.79 Å². The first-order valence-corrected chi connectivity index (χ1v) is 11.4. The van der Waals surface area contributed by atoms with E-state index in [-0.39, 0.29) is 12.1 Å². The van der Waals surface area contributed by atoms with Crippen LogP contribution in [-0.4, -0.2) is 29.8 Å². The van der Waals surface area contributed by atoms with Gasteiger partial charge in [-0.05, 0) is 79.6 Å². The average molecular weight is 424 g/mol. The van der Waals surface area contributed by atoms with Crippen LogP contribution in [0.4, 0.5) is 4.79 Å². The number of amides is 1. The lowest BCUT2D eigenvalue weighted by atomic mass is 9.97. The maximum Gasteiger partial charge on any atom is 0.407 e. The van der Waals surface area contributed by atoms with Crippen molar-refractivity contribution in [2.75, 3.05) is 6.54 Å². The minimum absolute atomic E-state index is 0.132. The third-order valence-corrected chi connectivity index (χ3v) is 4.24. The van der Waals surface area contributed by atoms with Crippen molar-refractivity contribution in [2.45, 2.75) is 111 Å². The van der Waals surface area contributed by atoms with Crippen LogP contribution < -0.4 is 5.32 Å². The quantitative estimate of drug-likeness (QED) is 0.203. The van der Waals surface area contributed by atoms with E-state index in [0.29, 0.717) is 18.9 Å². The molecule has 5 nitrogen and oxygen atoms in total. The van der Waals surface area contributed by atoms with Crippen LogP contribution in [0.3, 0.4) is 0 Å². The number of hydrogen-bond donors (Lipinski definition) is 1. The molecule has 0 aromatic heterocycles. The van der Waals surface area contributed by atoms with Gasteiger partial charge in [0.25, 0.3) is 0 Å². The Hall–Kier alpha value is -1.78. The number of esters is 1. The topological polar surface area (TPSA) is 64.6 Å². The predicted molar refractivity (Wildman–Crippen MR) is 124 cm³/mol. The maximum absolute atomic E-state index is 11.6. The molecular formula is C25H45NO4. The van der Waals surface area contributed by atoms with Crippen LogP contribution in [0, 0.1) is 5.92 Å². The summed E-state index contributed by atoms with van der Waals surface area (Å²) in [6.07, 6.45) is 16.2. The number of unbranched alkanes of at least 4 members (excludes halogenated alkanes) is 3. The summed E-state index contributed by atoms with van der Waals surface area (Å²) < 4.78 is 10.5. The third kappa shape index (κ3) is 19.5. The fourth-order valence-corrected chi connectivity index (χ4v) is 2.83. The zero-order valence-electron chi connectivity index (χ0n) is 20.4. The van der Waals surface area contributed by atoms with Crippen molar-refractivity contribution < 1.29 is 19.1 Å². The van der Waals surface area contributed by atoms with E-state index in [2.05, 4.69) is 30.5 Å². The molecule has 174 valence electrons. The summed E-state index contributed by atoms with van der Waals surface area (Å²) in [5.41, 5.74) is -0.867. The van der Waals surface area contributed by atoms with Gasteiger partial charge in [-0.2, -0.15) is 0 Å². The molecule has 5 heteroatoms. The van der Waals surface area contributed by atoms with Crippen molar-refractivity contribution in [1.29, 1.82) is 0 Å². The van der Waals surface area contributed by atoms with Crippen molar-refractivity contribution >= 4 is 12.1 Å². The lowest BCUT2D eigenvalue weighted by Crippen LogP contribution is -2.32. The summed E-state index contributed by atoms with van der Waals surface area (Å²) in [7, 11) is 0. The van der Waals surface area contributed by atoms with Gasteiger partial charge in [0, 0.05) is 13.0 Å². The number of carbonyl (C=O) groups excluding carboxylic acids is 2. The molecule has 1 N–H and O–H groups in total. The fraction of sp³-hybridized carbons (Fsp3) is 0.760. The van der Waals surface area contributed by atoms with Gasteiger partial charge in [0.1, 0.15) is 11.2 Å². The fourth-order valence-electron chi connectivity index (χ4n) is 2.83. The van der Waals surface area contributed by atoms with E-state index in [1.54, 1.807) is 0 Å². The number of ether oxygens (including phenoxy) is 2. The minimum Gasteiger partial charge on any atom is -0.460 e. The molecule has 1 unspecified atom stereocenters. The molecular weight excluding hydrogens is 378 g/mol. The second-order valence-corrected chi connectivity index (χ2v) is 9.71. The summed E-state index contributed by atoms with van der Waals surface area (Å²) in [5, 5.41) is 2.75. The molecule has 0 bridgehead atoms. The summed E-state index contributed by atoms with van der Waals surface area (Å²) in [4.78, 5) is 23.2. The van der Waals surface area contributed by atoms with Crippen molar-refractivity contribution in [2.24, 2.45) is 5.92 Å². The van der Waals surface area contributed by atoms with Crippen molar-refractivity contribution in [1.82, 2.24) is 5.32 Å². The minimum atomic E-state index is -0.465. The van der Waals surface area contributed by atoms with Crippen molar-refractivity contribution in [3.05, 3.63) is 24.3 Å². The Bertz CT molecular complexity index is 538. The van der Waals surface area contributed by atoms with Gasteiger partial charge in [-0.1, -0.05) is 44.1 Å². The van der Waals surface area contributed by atoms with Gasteiger partial charge in [0.05, 0.1) is 0 Å². The number of hydrogen-bond acceptors (Lipinski definition) is 4. The monoisotopic (exact) mass is 423 g/mol. The van der Waals surface area contributed by atoms with Crippen molar-refractivity contribution in [3.63, 3.8) is 0 Å². The SMILES string of the molecule is CCC(C=CCNC(=O)OC(C)(C)C)CCCCC/C=C/CCC(=O)OC(C)(C)C. The van der Waals surface area contributed by atoms with E-state index in [0.717, 1.165) is 19.3 Å². The van der Waals surface area contributed by atoms with E-state index in [9.17, 15) is 9.59 Å². The first-order valence-electron chi connectivity index (χ1n) is 11.4. The van der Waals surface area contributed by atoms with Crippen LogP contribution in [0.1, 0.15) is 99.8 Å². The second-order valence-electron chi connectivity index (χ2n) is 9.71. The largest absolute Gasteiger partial charge is 0.460 e. The maximum atomic E-state index is 11.6. The smallest absolute Gasteiger partial charge is 0.407 e. The summed E-state index contributed by atoms with van der Waals surface area (Å²) in [6, 6.07) is 0. The number of nitrogens with one attached hydrogen (secondary N) is 1. The summed E-state index contributed by atoms with van der Waals surface area (Å²) >= 11 is 0. The van der Waals surface area contributed by atoms with Gasteiger partial charge >= 0.3 is 12.1 Å². The van der Waals surface area contributed by atoms with E-state index < -0.39 is 11.2 Å². The van der Waals surface area contributed by atoms with E-state index >= 15 is 0 Å². The molecule has 0 spiro atoms. The normalized spacial score (nSPS) is 13.6. The van der Waals surface area contributed by atoms with Gasteiger partial charge < -0.3 is 14.8 Å². The lowest BCUT2D eigenvalue weighted by Gasteiger charge is -2.19. The van der Waals surface area contributed by atoms with Gasteiger partial charge in [-0.25, -0.2) is 4.79 Å². The summed E-state index contributed by atoms with van der Waals surface area (Å²) in [5.74, 6) is 0.418. The Morgan fingerprint density at radius 2 is 1.50 bits per heavy atom. The van der Waals surface area contributed by atoms with Crippen LogP contribution in [0.15, 0.2) is 24.3 Å². The second kappa shape index (κ2) is 15.1. The highest BCUT2D eigenvalue weighted by atomic mass is 16.6. The first kappa shape index (κ1) is 28.2. The first-order chi connectivity index (χ1) is 13.9. The molecule has 0 heterocycles. The zero-order chi connectivity index (χ0) is 23.0. The van der Waals surface area contributed by atoms with Crippen molar-refractivity contribution in [3.8, 4) is 0 Å². The lowest BCUT2D eigenvalue weighted by molar-refractivity contribution is -0.154. The van der Waals surface area contributed by atoms with E-state index in [1.165, 1.54) is 25.7 Å². The zero-order valence-corrected chi connectivity index (χ0v) is 20.4. The molecule has 0 aromatic rings. The molecule has 0 fully saturated rings. The molecule has 0 radical (unpaired) electrons. The molecule has 0 aliphatic rings. The van der Waals surface area contributed by atoms with Crippen LogP contribution in [0.25, 0.3) is 0 Å². The molecule has 0 aromatic carbocycles. The number of allylic oxidation sites excluding steroid dienone is 3. The highest BCUT2D eigenvalue weighted by Crippen LogP contribution is 2.16. The number of rotatable bonds is 13. The molecule has 0 aliphatic heterocycles. The Balaban J connectivity index is 3.80. The Morgan fingerprint density at radius 1 is 0.867 bits per heavy atom. The molecule has 30 heavy (non-hydrogen) atoms. The summed E-state index contributed by atoms with van der Waals surface area (Å²) in [6.45, 7) is 13.9. The van der Waals surface area contributed by atoms with Crippen LogP contribution in [0.5, 0.6) is 0 Å².